The maximum Gasteiger partial charge on any atom is 0.148 e. The number of rotatable bonds is 3. The third kappa shape index (κ3) is 2.35. The fraction of sp³-hybridized carbons (Fsp3) is 0.200. The molecule has 0 fully saturated rings. The first-order chi connectivity index (χ1) is 6.57. The molecule has 0 aromatic heterocycles. The van der Waals surface area contributed by atoms with E-state index in [1.807, 2.05) is 0 Å². The first-order valence-electron chi connectivity index (χ1n) is 4.00. The summed E-state index contributed by atoms with van der Waals surface area (Å²) in [6, 6.07) is 3.10. The van der Waals surface area contributed by atoms with Gasteiger partial charge in [-0.3, -0.25) is 0 Å². The third-order valence-corrected chi connectivity index (χ3v) is 3.07. The van der Waals surface area contributed by atoms with Crippen LogP contribution in [-0.4, -0.2) is 5.11 Å². The van der Waals surface area contributed by atoms with E-state index in [-0.39, 0.29) is 10.6 Å². The van der Waals surface area contributed by atoms with Gasteiger partial charge >= 0.3 is 0 Å². The number of hydrogen-bond acceptors (Lipinski definition) is 1. The van der Waals surface area contributed by atoms with Crippen LogP contribution in [-0.2, 0) is 0 Å². The second-order valence-electron chi connectivity index (χ2n) is 2.80. The summed E-state index contributed by atoms with van der Waals surface area (Å²) in [6.45, 7) is 3.47. The molecule has 4 heteroatoms. The summed E-state index contributed by atoms with van der Waals surface area (Å²) in [5.74, 6) is -0.588. The maximum absolute atomic E-state index is 13.5. The van der Waals surface area contributed by atoms with Crippen molar-refractivity contribution in [2.45, 2.75) is 12.5 Å². The van der Waals surface area contributed by atoms with Crippen molar-refractivity contribution in [1.82, 2.24) is 0 Å². The van der Waals surface area contributed by atoms with Crippen molar-refractivity contribution >= 4 is 27.5 Å². The SMILES string of the molecule is C=CCC(O)c1ccc(Br)c(Cl)c1F. The molecule has 0 radical (unpaired) electrons. The van der Waals surface area contributed by atoms with Gasteiger partial charge in [0.15, 0.2) is 0 Å². The first kappa shape index (κ1) is 11.7. The van der Waals surface area contributed by atoms with E-state index >= 15 is 0 Å². The Morgan fingerprint density at radius 2 is 2.29 bits per heavy atom. The van der Waals surface area contributed by atoms with Crippen LogP contribution in [0.25, 0.3) is 0 Å². The van der Waals surface area contributed by atoms with Gasteiger partial charge in [-0.25, -0.2) is 4.39 Å². The van der Waals surface area contributed by atoms with Gasteiger partial charge in [0.25, 0.3) is 0 Å². The van der Waals surface area contributed by atoms with E-state index in [0.717, 1.165) is 0 Å². The number of aliphatic hydroxyl groups is 1. The van der Waals surface area contributed by atoms with Crippen LogP contribution >= 0.6 is 27.5 Å². The van der Waals surface area contributed by atoms with Crippen molar-refractivity contribution in [3.8, 4) is 0 Å². The van der Waals surface area contributed by atoms with Crippen molar-refractivity contribution < 1.29 is 9.50 Å². The molecule has 1 aromatic rings. The highest BCUT2D eigenvalue weighted by molar-refractivity contribution is 9.10. The van der Waals surface area contributed by atoms with Crippen LogP contribution in [0.4, 0.5) is 4.39 Å². The fourth-order valence-corrected chi connectivity index (χ4v) is 1.56. The van der Waals surface area contributed by atoms with Gasteiger partial charge in [0.2, 0.25) is 0 Å². The summed E-state index contributed by atoms with van der Waals surface area (Å²) in [5.41, 5.74) is 0.193. The minimum atomic E-state index is -0.891. The molecule has 1 unspecified atom stereocenters. The predicted molar refractivity (Wildman–Crippen MR) is 58.9 cm³/mol. The minimum absolute atomic E-state index is 0.00869. The number of hydrogen-bond donors (Lipinski definition) is 1. The van der Waals surface area contributed by atoms with E-state index in [2.05, 4.69) is 22.5 Å². The lowest BCUT2D eigenvalue weighted by molar-refractivity contribution is 0.177. The molecule has 76 valence electrons. The Morgan fingerprint density at radius 3 is 2.86 bits per heavy atom. The summed E-state index contributed by atoms with van der Waals surface area (Å²) in [4.78, 5) is 0. The Labute approximate surface area is 95.3 Å². The third-order valence-electron chi connectivity index (χ3n) is 1.81. The zero-order valence-corrected chi connectivity index (χ0v) is 9.65. The predicted octanol–water partition coefficient (Wildman–Crippen LogP) is 3.85. The van der Waals surface area contributed by atoms with Crippen LogP contribution < -0.4 is 0 Å². The second kappa shape index (κ2) is 4.91. The maximum atomic E-state index is 13.5. The molecule has 0 amide bonds. The largest absolute Gasteiger partial charge is 0.388 e. The highest BCUT2D eigenvalue weighted by Crippen LogP contribution is 2.31. The molecule has 0 heterocycles. The lowest BCUT2D eigenvalue weighted by atomic mass is 10.1. The van der Waals surface area contributed by atoms with E-state index in [4.69, 9.17) is 11.6 Å². The molecule has 1 nitrogen and oxygen atoms in total. The molecule has 1 aromatic carbocycles. The summed E-state index contributed by atoms with van der Waals surface area (Å²) in [5, 5.41) is 9.52. The molecule has 0 aliphatic heterocycles. The molecule has 1 N–H and O–H groups in total. The first-order valence-corrected chi connectivity index (χ1v) is 5.17. The molecular weight excluding hydrogens is 270 g/mol. The normalized spacial score (nSPS) is 12.6. The summed E-state index contributed by atoms with van der Waals surface area (Å²) < 4.78 is 14.0. The lowest BCUT2D eigenvalue weighted by Crippen LogP contribution is -2.00. The van der Waals surface area contributed by atoms with Crippen molar-refractivity contribution in [3.05, 3.63) is 45.7 Å². The smallest absolute Gasteiger partial charge is 0.148 e. The zero-order chi connectivity index (χ0) is 10.7. The van der Waals surface area contributed by atoms with Crippen LogP contribution in [0.1, 0.15) is 18.1 Å². The van der Waals surface area contributed by atoms with Gasteiger partial charge in [-0.2, -0.15) is 0 Å². The van der Waals surface area contributed by atoms with Crippen LogP contribution in [0.15, 0.2) is 29.3 Å². The Kier molecular flexibility index (Phi) is 4.11. The standard InChI is InChI=1S/C10H9BrClFO/c1-2-3-8(14)6-4-5-7(11)9(12)10(6)13/h2,4-5,8,14H,1,3H2. The highest BCUT2D eigenvalue weighted by atomic mass is 79.9. The molecule has 0 spiro atoms. The van der Waals surface area contributed by atoms with Crippen molar-refractivity contribution in [2.24, 2.45) is 0 Å². The quantitative estimate of drug-likeness (QED) is 0.658. The van der Waals surface area contributed by atoms with Gasteiger partial charge in [-0.15, -0.1) is 6.58 Å². The Balaban J connectivity index is 3.10. The fourth-order valence-electron chi connectivity index (χ4n) is 1.08. The van der Waals surface area contributed by atoms with E-state index < -0.39 is 11.9 Å². The average molecular weight is 280 g/mol. The van der Waals surface area contributed by atoms with Gasteiger partial charge in [-0.05, 0) is 28.4 Å². The average Bonchev–Trinajstić information content (AvgIpc) is 2.15. The second-order valence-corrected chi connectivity index (χ2v) is 4.04. The number of halogens is 3. The van der Waals surface area contributed by atoms with Gasteiger partial charge in [0, 0.05) is 10.0 Å². The number of aliphatic hydroxyl groups excluding tert-OH is 1. The van der Waals surface area contributed by atoms with Gasteiger partial charge in [0.05, 0.1) is 11.1 Å². The molecule has 0 bridgehead atoms. The molecular formula is C10H9BrClFO. The van der Waals surface area contributed by atoms with Gasteiger partial charge in [-0.1, -0.05) is 23.7 Å². The molecule has 0 aliphatic carbocycles. The summed E-state index contributed by atoms with van der Waals surface area (Å²) >= 11 is 8.76. The lowest BCUT2D eigenvalue weighted by Gasteiger charge is -2.11. The Hall–Kier alpha value is -0.380. The monoisotopic (exact) mass is 278 g/mol. The van der Waals surface area contributed by atoms with Crippen LogP contribution in [0.5, 0.6) is 0 Å². The van der Waals surface area contributed by atoms with Crippen molar-refractivity contribution in [1.29, 1.82) is 0 Å². The van der Waals surface area contributed by atoms with E-state index in [0.29, 0.717) is 10.9 Å². The number of benzene rings is 1. The topological polar surface area (TPSA) is 20.2 Å². The highest BCUT2D eigenvalue weighted by Gasteiger charge is 2.15. The molecule has 14 heavy (non-hydrogen) atoms. The Bertz CT molecular complexity index is 354. The summed E-state index contributed by atoms with van der Waals surface area (Å²) in [6.07, 6.45) is 0.938. The van der Waals surface area contributed by atoms with Gasteiger partial charge in [0.1, 0.15) is 5.82 Å². The molecule has 0 aliphatic rings. The van der Waals surface area contributed by atoms with Crippen molar-refractivity contribution in [3.63, 3.8) is 0 Å². The van der Waals surface area contributed by atoms with Crippen LogP contribution in [0.3, 0.4) is 0 Å². The zero-order valence-electron chi connectivity index (χ0n) is 7.30. The molecule has 0 saturated heterocycles. The van der Waals surface area contributed by atoms with E-state index in [9.17, 15) is 9.50 Å². The van der Waals surface area contributed by atoms with Crippen LogP contribution in [0, 0.1) is 5.82 Å². The summed E-state index contributed by atoms with van der Waals surface area (Å²) in [7, 11) is 0. The van der Waals surface area contributed by atoms with E-state index in [1.54, 1.807) is 6.07 Å². The molecule has 0 saturated carbocycles. The minimum Gasteiger partial charge on any atom is -0.388 e. The van der Waals surface area contributed by atoms with Gasteiger partial charge < -0.3 is 5.11 Å². The van der Waals surface area contributed by atoms with Crippen molar-refractivity contribution in [2.75, 3.05) is 0 Å². The molecule has 1 atom stereocenters. The molecule has 1 rings (SSSR count). The Morgan fingerprint density at radius 1 is 1.64 bits per heavy atom. The van der Waals surface area contributed by atoms with E-state index in [1.165, 1.54) is 12.1 Å². The van der Waals surface area contributed by atoms with Crippen LogP contribution in [0.2, 0.25) is 5.02 Å².